The summed E-state index contributed by atoms with van der Waals surface area (Å²) in [7, 11) is 0. The summed E-state index contributed by atoms with van der Waals surface area (Å²) in [4.78, 5) is 10.9. The van der Waals surface area contributed by atoms with Crippen LogP contribution in [0, 0.1) is 5.41 Å². The summed E-state index contributed by atoms with van der Waals surface area (Å²) in [6.07, 6.45) is 1.67. The van der Waals surface area contributed by atoms with Crippen LogP contribution >= 0.6 is 22.9 Å². The van der Waals surface area contributed by atoms with E-state index < -0.39 is 0 Å². The predicted molar refractivity (Wildman–Crippen MR) is 66.3 cm³/mol. The Kier molecular flexibility index (Phi) is 6.68. The van der Waals surface area contributed by atoms with Crippen LogP contribution < -0.4 is 3.53 Å². The maximum absolute atomic E-state index is 10.9. The molecule has 1 unspecified atom stereocenters. The van der Waals surface area contributed by atoms with Crippen LogP contribution in [0.5, 0.6) is 0 Å². The summed E-state index contributed by atoms with van der Waals surface area (Å²) < 4.78 is 8.06. The smallest absolute Gasteiger partial charge is 0.230 e. The molecular weight excluding hydrogens is 293 g/mol. The van der Waals surface area contributed by atoms with Gasteiger partial charge in [-0.3, -0.25) is 8.32 Å². The highest BCUT2D eigenvalue weighted by Crippen LogP contribution is 2.21. The van der Waals surface area contributed by atoms with Crippen LogP contribution in [0.15, 0.2) is 0 Å². The van der Waals surface area contributed by atoms with E-state index in [0.717, 1.165) is 6.42 Å². The Bertz CT molecular complexity index is 177. The second-order valence-corrected chi connectivity index (χ2v) is 5.25. The average molecular weight is 313 g/mol. The first-order valence-corrected chi connectivity index (χ1v) is 5.94. The third-order valence-electron chi connectivity index (χ3n) is 1.74. The van der Waals surface area contributed by atoms with E-state index in [4.69, 9.17) is 4.74 Å². The molecule has 0 saturated heterocycles. The molecule has 0 bridgehead atoms. The predicted octanol–water partition coefficient (Wildman–Crippen LogP) is 2.68. The minimum atomic E-state index is 0.0218. The lowest BCUT2D eigenvalue weighted by Gasteiger charge is -2.23. The summed E-state index contributed by atoms with van der Waals surface area (Å²) in [5.74, 6) is 0.0218. The molecule has 0 heterocycles. The number of halogens is 1. The number of carbonyl (C=O) groups excluding carboxylic acids is 1. The number of nitrogens with one attached hydrogen (secondary N) is 1. The van der Waals surface area contributed by atoms with Crippen molar-refractivity contribution in [3.05, 3.63) is 0 Å². The monoisotopic (exact) mass is 313 g/mol. The van der Waals surface area contributed by atoms with Crippen LogP contribution in [-0.2, 0) is 9.53 Å². The van der Waals surface area contributed by atoms with E-state index in [-0.39, 0.29) is 17.4 Å². The molecule has 3 nitrogen and oxygen atoms in total. The van der Waals surface area contributed by atoms with Crippen molar-refractivity contribution in [3.63, 3.8) is 0 Å². The second-order valence-electron chi connectivity index (χ2n) is 4.71. The molecule has 0 spiro atoms. The molecule has 0 rings (SSSR count). The van der Waals surface area contributed by atoms with E-state index in [0.29, 0.717) is 13.0 Å². The van der Waals surface area contributed by atoms with Crippen LogP contribution in [0.2, 0.25) is 0 Å². The molecule has 0 aliphatic rings. The van der Waals surface area contributed by atoms with Crippen molar-refractivity contribution in [1.82, 2.24) is 3.53 Å². The molecule has 0 aromatic rings. The van der Waals surface area contributed by atoms with E-state index in [2.05, 4.69) is 24.3 Å². The molecule has 0 aromatic carbocycles. The van der Waals surface area contributed by atoms with E-state index >= 15 is 0 Å². The van der Waals surface area contributed by atoms with Crippen LogP contribution in [0.25, 0.3) is 0 Å². The van der Waals surface area contributed by atoms with Gasteiger partial charge in [-0.1, -0.05) is 20.8 Å². The fourth-order valence-corrected chi connectivity index (χ4v) is 1.59. The quantitative estimate of drug-likeness (QED) is 0.626. The number of rotatable bonds is 5. The summed E-state index contributed by atoms with van der Waals surface area (Å²) >= 11 is 1.84. The SMILES string of the molecule is CC(CC(C)(C)C)OCCC(=O)NI. The molecule has 0 aromatic heterocycles. The Morgan fingerprint density at radius 2 is 2.07 bits per heavy atom. The standard InChI is InChI=1S/C10H20INO2/c1-8(7-10(2,3)4)14-6-5-9(13)12-11/h8H,5-7H2,1-4H3,(H,12,13). The van der Waals surface area contributed by atoms with Gasteiger partial charge >= 0.3 is 0 Å². The Hall–Kier alpha value is 0.160. The van der Waals surface area contributed by atoms with Crippen molar-refractivity contribution in [2.24, 2.45) is 5.41 Å². The van der Waals surface area contributed by atoms with Crippen molar-refractivity contribution in [2.45, 2.75) is 46.6 Å². The van der Waals surface area contributed by atoms with Gasteiger partial charge in [-0.15, -0.1) is 0 Å². The van der Waals surface area contributed by atoms with E-state index in [1.165, 1.54) is 0 Å². The van der Waals surface area contributed by atoms with E-state index in [1.54, 1.807) is 0 Å². The first-order valence-electron chi connectivity index (χ1n) is 4.86. The lowest BCUT2D eigenvalue weighted by molar-refractivity contribution is -0.120. The van der Waals surface area contributed by atoms with Gasteiger partial charge in [-0.2, -0.15) is 0 Å². The van der Waals surface area contributed by atoms with Gasteiger partial charge in [0.05, 0.1) is 42.0 Å². The van der Waals surface area contributed by atoms with Gasteiger partial charge in [-0.25, -0.2) is 0 Å². The lowest BCUT2D eigenvalue weighted by Crippen LogP contribution is -2.21. The number of amides is 1. The average Bonchev–Trinajstić information content (AvgIpc) is 2.00. The van der Waals surface area contributed by atoms with Gasteiger partial charge in [0.15, 0.2) is 0 Å². The number of hydrogen-bond donors (Lipinski definition) is 1. The molecule has 0 fully saturated rings. The molecule has 0 saturated carbocycles. The Morgan fingerprint density at radius 3 is 2.50 bits per heavy atom. The summed E-state index contributed by atoms with van der Waals surface area (Å²) in [5.41, 5.74) is 0.283. The second kappa shape index (κ2) is 6.61. The summed E-state index contributed by atoms with van der Waals surface area (Å²) in [6, 6.07) is 0. The largest absolute Gasteiger partial charge is 0.378 e. The van der Waals surface area contributed by atoms with Crippen molar-refractivity contribution < 1.29 is 9.53 Å². The fraction of sp³-hybridized carbons (Fsp3) is 0.900. The van der Waals surface area contributed by atoms with Crippen LogP contribution in [0.1, 0.15) is 40.5 Å². The van der Waals surface area contributed by atoms with Gasteiger partial charge in [0.1, 0.15) is 0 Å². The maximum Gasteiger partial charge on any atom is 0.230 e. The Labute approximate surface area is 100 Å². The number of hydrogen-bond acceptors (Lipinski definition) is 2. The first-order chi connectivity index (χ1) is 6.35. The third-order valence-corrected chi connectivity index (χ3v) is 2.34. The van der Waals surface area contributed by atoms with E-state index in [9.17, 15) is 4.79 Å². The highest BCUT2D eigenvalue weighted by Gasteiger charge is 2.15. The van der Waals surface area contributed by atoms with Crippen LogP contribution in [0.3, 0.4) is 0 Å². The molecule has 4 heteroatoms. The molecule has 1 N–H and O–H groups in total. The van der Waals surface area contributed by atoms with Crippen molar-refractivity contribution in [2.75, 3.05) is 6.61 Å². The fourth-order valence-electron chi connectivity index (χ4n) is 1.32. The van der Waals surface area contributed by atoms with Crippen molar-refractivity contribution >= 4 is 28.8 Å². The minimum Gasteiger partial charge on any atom is -0.378 e. The Morgan fingerprint density at radius 1 is 1.50 bits per heavy atom. The highest BCUT2D eigenvalue weighted by molar-refractivity contribution is 14.1. The number of ether oxygens (including phenoxy) is 1. The van der Waals surface area contributed by atoms with Gasteiger partial charge in [0, 0.05) is 0 Å². The molecule has 0 aliphatic carbocycles. The summed E-state index contributed by atoms with van der Waals surface area (Å²) in [5, 5.41) is 0. The topological polar surface area (TPSA) is 38.3 Å². The molecule has 1 amide bonds. The molecular formula is C10H20INO2. The zero-order valence-corrected chi connectivity index (χ0v) is 11.6. The first kappa shape index (κ1) is 14.2. The van der Waals surface area contributed by atoms with E-state index in [1.807, 2.05) is 29.8 Å². The molecule has 1 atom stereocenters. The van der Waals surface area contributed by atoms with Crippen LogP contribution in [-0.4, -0.2) is 18.6 Å². The van der Waals surface area contributed by atoms with Gasteiger partial charge in [0.25, 0.3) is 0 Å². The van der Waals surface area contributed by atoms with Crippen LogP contribution in [0.4, 0.5) is 0 Å². The minimum absolute atomic E-state index is 0.0218. The molecule has 0 radical (unpaired) electrons. The number of carbonyl (C=O) groups is 1. The lowest BCUT2D eigenvalue weighted by atomic mass is 9.90. The van der Waals surface area contributed by atoms with Gasteiger partial charge in [-0.05, 0) is 18.8 Å². The normalized spacial score (nSPS) is 13.8. The van der Waals surface area contributed by atoms with Crippen molar-refractivity contribution in [3.8, 4) is 0 Å². The maximum atomic E-state index is 10.9. The third kappa shape index (κ3) is 8.74. The van der Waals surface area contributed by atoms with Gasteiger partial charge in [0.2, 0.25) is 5.91 Å². The Balaban J connectivity index is 3.54. The molecule has 84 valence electrons. The molecule has 0 aliphatic heterocycles. The van der Waals surface area contributed by atoms with Crippen molar-refractivity contribution in [1.29, 1.82) is 0 Å². The molecule has 14 heavy (non-hydrogen) atoms. The highest BCUT2D eigenvalue weighted by atomic mass is 127. The van der Waals surface area contributed by atoms with Gasteiger partial charge < -0.3 is 4.74 Å². The zero-order valence-electron chi connectivity index (χ0n) is 9.39. The summed E-state index contributed by atoms with van der Waals surface area (Å²) in [6.45, 7) is 9.11. The zero-order chi connectivity index (χ0) is 11.2.